The highest BCUT2D eigenvalue weighted by atomic mass is 16.6. The third kappa shape index (κ3) is 6.33. The topological polar surface area (TPSA) is 111 Å². The summed E-state index contributed by atoms with van der Waals surface area (Å²) in [6.45, 7) is 7.32. The van der Waals surface area contributed by atoms with E-state index in [1.807, 2.05) is 0 Å². The van der Waals surface area contributed by atoms with Crippen LogP contribution < -0.4 is 10.6 Å². The molecular formula is C15H21N3O5. The molecule has 0 saturated carbocycles. The second-order valence-corrected chi connectivity index (χ2v) is 5.94. The molecule has 0 aliphatic heterocycles. The molecule has 8 heteroatoms. The second-order valence-electron chi connectivity index (χ2n) is 5.94. The number of nitrogens with one attached hydrogen (secondary N) is 2. The third-order valence-electron chi connectivity index (χ3n) is 2.74. The highest BCUT2D eigenvalue weighted by Gasteiger charge is 2.16. The minimum absolute atomic E-state index is 0.0642. The summed E-state index contributed by atoms with van der Waals surface area (Å²) in [6.07, 6.45) is -0.557. The third-order valence-corrected chi connectivity index (χ3v) is 2.74. The Labute approximate surface area is 134 Å². The van der Waals surface area contributed by atoms with Crippen LogP contribution in [0.1, 0.15) is 36.7 Å². The highest BCUT2D eigenvalue weighted by Crippen LogP contribution is 2.16. The summed E-state index contributed by atoms with van der Waals surface area (Å²) in [5, 5.41) is 15.8. The Morgan fingerprint density at radius 1 is 1.22 bits per heavy atom. The maximum Gasteiger partial charge on any atom is 0.407 e. The summed E-state index contributed by atoms with van der Waals surface area (Å²) in [5.74, 6) is -0.358. The summed E-state index contributed by atoms with van der Waals surface area (Å²) in [4.78, 5) is 33.6. The van der Waals surface area contributed by atoms with Crippen LogP contribution in [0.25, 0.3) is 0 Å². The standard InChI is InChI=1S/C15H21N3O5/c1-10-9-11(18(21)22)5-6-12(10)13(19)16-7-8-17-14(20)23-15(2,3)4/h5-6,9H,7-8H2,1-4H3,(H,16,19)(H,17,20). The molecule has 0 aliphatic carbocycles. The number of hydrogen-bond acceptors (Lipinski definition) is 5. The lowest BCUT2D eigenvalue weighted by Crippen LogP contribution is -2.38. The molecule has 1 aromatic rings. The van der Waals surface area contributed by atoms with Crippen molar-refractivity contribution in [2.45, 2.75) is 33.3 Å². The number of amides is 2. The van der Waals surface area contributed by atoms with Crippen LogP contribution in [-0.2, 0) is 4.74 Å². The Balaban J connectivity index is 2.46. The number of carbonyl (C=O) groups is 2. The van der Waals surface area contributed by atoms with Crippen molar-refractivity contribution in [1.82, 2.24) is 10.6 Å². The van der Waals surface area contributed by atoms with Gasteiger partial charge in [-0.15, -0.1) is 0 Å². The van der Waals surface area contributed by atoms with Crippen molar-refractivity contribution in [3.8, 4) is 0 Å². The Morgan fingerprint density at radius 2 is 1.83 bits per heavy atom. The first-order valence-electron chi connectivity index (χ1n) is 7.10. The first-order valence-corrected chi connectivity index (χ1v) is 7.10. The molecule has 1 aromatic carbocycles. The minimum atomic E-state index is -0.580. The zero-order valence-electron chi connectivity index (χ0n) is 13.6. The van der Waals surface area contributed by atoms with E-state index in [0.29, 0.717) is 11.1 Å². The molecule has 0 bridgehead atoms. The Hall–Kier alpha value is -2.64. The van der Waals surface area contributed by atoms with E-state index in [4.69, 9.17) is 4.74 Å². The summed E-state index contributed by atoms with van der Waals surface area (Å²) < 4.78 is 5.06. The van der Waals surface area contributed by atoms with Gasteiger partial charge in [-0.3, -0.25) is 14.9 Å². The number of rotatable bonds is 5. The van der Waals surface area contributed by atoms with E-state index in [2.05, 4.69) is 10.6 Å². The molecule has 8 nitrogen and oxygen atoms in total. The van der Waals surface area contributed by atoms with Crippen molar-refractivity contribution in [2.24, 2.45) is 0 Å². The van der Waals surface area contributed by atoms with Gasteiger partial charge in [-0.2, -0.15) is 0 Å². The summed E-state index contributed by atoms with van der Waals surface area (Å²) in [7, 11) is 0. The van der Waals surface area contributed by atoms with Crippen molar-refractivity contribution >= 4 is 17.7 Å². The molecule has 0 saturated heterocycles. The van der Waals surface area contributed by atoms with Gasteiger partial charge in [-0.1, -0.05) is 0 Å². The average molecular weight is 323 g/mol. The van der Waals surface area contributed by atoms with Crippen LogP contribution in [0.15, 0.2) is 18.2 Å². The molecule has 23 heavy (non-hydrogen) atoms. The lowest BCUT2D eigenvalue weighted by atomic mass is 10.1. The van der Waals surface area contributed by atoms with E-state index in [-0.39, 0.29) is 24.7 Å². The van der Waals surface area contributed by atoms with E-state index in [1.54, 1.807) is 27.7 Å². The largest absolute Gasteiger partial charge is 0.444 e. The van der Waals surface area contributed by atoms with Gasteiger partial charge >= 0.3 is 6.09 Å². The van der Waals surface area contributed by atoms with Gasteiger partial charge in [-0.25, -0.2) is 4.79 Å². The lowest BCUT2D eigenvalue weighted by molar-refractivity contribution is -0.384. The van der Waals surface area contributed by atoms with Gasteiger partial charge in [0.15, 0.2) is 0 Å². The highest BCUT2D eigenvalue weighted by molar-refractivity contribution is 5.95. The molecule has 2 amide bonds. The number of aryl methyl sites for hydroxylation is 1. The fourth-order valence-electron chi connectivity index (χ4n) is 1.77. The molecule has 0 atom stereocenters. The van der Waals surface area contributed by atoms with Crippen molar-refractivity contribution in [2.75, 3.05) is 13.1 Å². The number of carbonyl (C=O) groups excluding carboxylic acids is 2. The molecule has 0 fully saturated rings. The molecule has 0 spiro atoms. The van der Waals surface area contributed by atoms with Gasteiger partial charge in [0.05, 0.1) is 4.92 Å². The lowest BCUT2D eigenvalue weighted by Gasteiger charge is -2.19. The quantitative estimate of drug-likeness (QED) is 0.490. The molecule has 0 heterocycles. The van der Waals surface area contributed by atoms with Gasteiger partial charge in [-0.05, 0) is 39.3 Å². The summed E-state index contributed by atoms with van der Waals surface area (Å²) in [6, 6.07) is 4.03. The molecule has 0 radical (unpaired) electrons. The van der Waals surface area contributed by atoms with Crippen LogP contribution >= 0.6 is 0 Å². The van der Waals surface area contributed by atoms with Gasteiger partial charge in [0.1, 0.15) is 5.60 Å². The number of alkyl carbamates (subject to hydrolysis) is 1. The van der Waals surface area contributed by atoms with Crippen LogP contribution in [0.3, 0.4) is 0 Å². The smallest absolute Gasteiger partial charge is 0.407 e. The second kappa shape index (κ2) is 7.57. The first-order chi connectivity index (χ1) is 10.6. The predicted molar refractivity (Wildman–Crippen MR) is 84.4 cm³/mol. The maximum atomic E-state index is 12.0. The number of nitro groups is 1. The fraction of sp³-hybridized carbons (Fsp3) is 0.467. The molecule has 1 rings (SSSR count). The van der Waals surface area contributed by atoms with E-state index in [9.17, 15) is 19.7 Å². The number of hydrogen-bond donors (Lipinski definition) is 2. The minimum Gasteiger partial charge on any atom is -0.444 e. The average Bonchev–Trinajstić information content (AvgIpc) is 2.41. The number of nitrogens with zero attached hydrogens (tertiary/aromatic N) is 1. The van der Waals surface area contributed by atoms with E-state index in [1.165, 1.54) is 18.2 Å². The van der Waals surface area contributed by atoms with E-state index in [0.717, 1.165) is 0 Å². The Morgan fingerprint density at radius 3 is 2.35 bits per heavy atom. The van der Waals surface area contributed by atoms with Gasteiger partial charge < -0.3 is 15.4 Å². The van der Waals surface area contributed by atoms with Crippen LogP contribution in [0.4, 0.5) is 10.5 Å². The number of ether oxygens (including phenoxy) is 1. The van der Waals surface area contributed by atoms with Crippen molar-refractivity contribution < 1.29 is 19.2 Å². The molecule has 0 aromatic heterocycles. The molecule has 0 aliphatic rings. The number of benzene rings is 1. The van der Waals surface area contributed by atoms with Crippen LogP contribution in [-0.4, -0.2) is 35.6 Å². The van der Waals surface area contributed by atoms with Crippen LogP contribution in [0, 0.1) is 17.0 Å². The maximum absolute atomic E-state index is 12.0. The Kier molecular flexibility index (Phi) is 6.06. The fourth-order valence-corrected chi connectivity index (χ4v) is 1.77. The van der Waals surface area contributed by atoms with Crippen molar-refractivity contribution in [1.29, 1.82) is 0 Å². The summed E-state index contributed by atoms with van der Waals surface area (Å²) >= 11 is 0. The molecule has 126 valence electrons. The zero-order chi connectivity index (χ0) is 17.6. The van der Waals surface area contributed by atoms with E-state index >= 15 is 0 Å². The molecule has 0 unspecified atom stereocenters. The SMILES string of the molecule is Cc1cc([N+](=O)[O-])ccc1C(=O)NCCNC(=O)OC(C)(C)C. The monoisotopic (exact) mass is 323 g/mol. The van der Waals surface area contributed by atoms with Gasteiger partial charge in [0, 0.05) is 30.8 Å². The summed E-state index contributed by atoms with van der Waals surface area (Å²) in [5.41, 5.74) is 0.221. The van der Waals surface area contributed by atoms with Crippen molar-refractivity contribution in [3.05, 3.63) is 39.4 Å². The van der Waals surface area contributed by atoms with Gasteiger partial charge in [0.25, 0.3) is 11.6 Å². The molecule has 2 N–H and O–H groups in total. The first kappa shape index (κ1) is 18.4. The zero-order valence-corrected chi connectivity index (χ0v) is 13.6. The number of non-ortho nitro benzene ring substituents is 1. The van der Waals surface area contributed by atoms with Crippen molar-refractivity contribution in [3.63, 3.8) is 0 Å². The van der Waals surface area contributed by atoms with Crippen LogP contribution in [0.2, 0.25) is 0 Å². The number of nitro benzene ring substituents is 1. The normalized spacial score (nSPS) is 10.8. The van der Waals surface area contributed by atoms with E-state index < -0.39 is 16.6 Å². The predicted octanol–water partition coefficient (Wildman–Crippen LogP) is 2.16. The Bertz CT molecular complexity index is 608. The van der Waals surface area contributed by atoms with Gasteiger partial charge in [0.2, 0.25) is 0 Å². The van der Waals surface area contributed by atoms with Crippen LogP contribution in [0.5, 0.6) is 0 Å². The molecular weight excluding hydrogens is 302 g/mol.